The summed E-state index contributed by atoms with van der Waals surface area (Å²) in [7, 11) is 0. The molecule has 0 aliphatic heterocycles. The second kappa shape index (κ2) is 6.23. The highest BCUT2D eigenvalue weighted by Gasteiger charge is 2.06. The van der Waals surface area contributed by atoms with Gasteiger partial charge >= 0.3 is 0 Å². The Morgan fingerprint density at radius 2 is 2.06 bits per heavy atom. The van der Waals surface area contributed by atoms with Gasteiger partial charge in [0.25, 0.3) is 0 Å². The molecule has 0 aliphatic carbocycles. The van der Waals surface area contributed by atoms with Crippen molar-refractivity contribution in [1.82, 2.24) is 0 Å². The van der Waals surface area contributed by atoms with Crippen molar-refractivity contribution >= 4 is 54.8 Å². The SMILES string of the molecule is ClCc1cc(Br)ccc1OCc1sccc1Br. The Labute approximate surface area is 126 Å². The zero-order valence-electron chi connectivity index (χ0n) is 8.75. The van der Waals surface area contributed by atoms with E-state index in [0.29, 0.717) is 12.5 Å². The van der Waals surface area contributed by atoms with Crippen molar-refractivity contribution in [3.63, 3.8) is 0 Å². The highest BCUT2D eigenvalue weighted by Crippen LogP contribution is 2.28. The third-order valence-corrected chi connectivity index (χ3v) is 4.90. The van der Waals surface area contributed by atoms with E-state index in [1.54, 1.807) is 11.3 Å². The number of hydrogen-bond donors (Lipinski definition) is 0. The van der Waals surface area contributed by atoms with Crippen LogP contribution in [0.5, 0.6) is 5.75 Å². The second-order valence-corrected chi connectivity index (χ2v) is 6.40. The average Bonchev–Trinajstić information content (AvgIpc) is 2.73. The summed E-state index contributed by atoms with van der Waals surface area (Å²) in [5, 5.41) is 2.03. The molecule has 0 spiro atoms. The fraction of sp³-hybridized carbons (Fsp3) is 0.167. The molecule has 0 saturated heterocycles. The van der Waals surface area contributed by atoms with Crippen LogP contribution in [0.4, 0.5) is 0 Å². The van der Waals surface area contributed by atoms with Crippen LogP contribution in [0, 0.1) is 0 Å². The Morgan fingerprint density at radius 3 is 2.71 bits per heavy atom. The minimum absolute atomic E-state index is 0.445. The van der Waals surface area contributed by atoms with Gasteiger partial charge in [-0.25, -0.2) is 0 Å². The molecule has 1 aromatic heterocycles. The summed E-state index contributed by atoms with van der Waals surface area (Å²) in [5.74, 6) is 1.28. The number of alkyl halides is 1. The van der Waals surface area contributed by atoms with E-state index in [2.05, 4.69) is 31.9 Å². The zero-order chi connectivity index (χ0) is 12.3. The molecule has 1 aromatic carbocycles. The summed E-state index contributed by atoms with van der Waals surface area (Å²) in [5.41, 5.74) is 0.994. The van der Waals surface area contributed by atoms with Crippen LogP contribution in [-0.2, 0) is 12.5 Å². The third kappa shape index (κ3) is 3.47. The number of ether oxygens (including phenoxy) is 1. The van der Waals surface area contributed by atoms with Crippen molar-refractivity contribution in [2.24, 2.45) is 0 Å². The summed E-state index contributed by atoms with van der Waals surface area (Å²) in [6, 6.07) is 7.89. The summed E-state index contributed by atoms with van der Waals surface area (Å²) < 4.78 is 7.89. The van der Waals surface area contributed by atoms with Gasteiger partial charge < -0.3 is 4.74 Å². The van der Waals surface area contributed by atoms with E-state index < -0.39 is 0 Å². The molecular weight excluding hydrogens is 387 g/mol. The molecular formula is C12H9Br2ClOS. The number of benzene rings is 1. The smallest absolute Gasteiger partial charge is 0.124 e. The lowest BCUT2D eigenvalue weighted by Gasteiger charge is -2.09. The topological polar surface area (TPSA) is 9.23 Å². The fourth-order valence-corrected chi connectivity index (χ4v) is 3.36. The van der Waals surface area contributed by atoms with Crippen LogP contribution in [0.2, 0.25) is 0 Å². The standard InChI is InChI=1S/C12H9Br2ClOS/c13-9-1-2-11(8(5-9)6-15)16-7-12-10(14)3-4-17-12/h1-5H,6-7H2. The van der Waals surface area contributed by atoms with Crippen LogP contribution >= 0.6 is 54.8 Å². The van der Waals surface area contributed by atoms with Gasteiger partial charge in [0.1, 0.15) is 12.4 Å². The maximum absolute atomic E-state index is 5.89. The number of thiophene rings is 1. The van der Waals surface area contributed by atoms with Crippen LogP contribution in [0.1, 0.15) is 10.4 Å². The van der Waals surface area contributed by atoms with Crippen LogP contribution < -0.4 is 4.74 Å². The first-order valence-electron chi connectivity index (χ1n) is 4.90. The minimum atomic E-state index is 0.445. The van der Waals surface area contributed by atoms with Gasteiger partial charge in [0.05, 0.1) is 10.8 Å². The molecule has 0 radical (unpaired) electrons. The average molecular weight is 397 g/mol. The van der Waals surface area contributed by atoms with Gasteiger partial charge in [0.2, 0.25) is 0 Å². The summed E-state index contributed by atoms with van der Waals surface area (Å²) >= 11 is 14.5. The molecule has 90 valence electrons. The molecule has 0 bridgehead atoms. The van der Waals surface area contributed by atoms with Crippen LogP contribution in [0.15, 0.2) is 38.6 Å². The van der Waals surface area contributed by atoms with Crippen molar-refractivity contribution in [3.8, 4) is 5.75 Å². The quantitative estimate of drug-likeness (QED) is 0.612. The molecule has 1 heterocycles. The molecule has 1 nitrogen and oxygen atoms in total. The Balaban J connectivity index is 2.11. The monoisotopic (exact) mass is 394 g/mol. The van der Waals surface area contributed by atoms with Crippen molar-refractivity contribution in [3.05, 3.63) is 49.0 Å². The molecule has 17 heavy (non-hydrogen) atoms. The van der Waals surface area contributed by atoms with Gasteiger partial charge in [-0.3, -0.25) is 0 Å². The predicted molar refractivity (Wildman–Crippen MR) is 80.1 cm³/mol. The lowest BCUT2D eigenvalue weighted by atomic mass is 10.2. The van der Waals surface area contributed by atoms with Gasteiger partial charge in [-0.15, -0.1) is 22.9 Å². The van der Waals surface area contributed by atoms with Crippen molar-refractivity contribution in [1.29, 1.82) is 0 Å². The van der Waals surface area contributed by atoms with Gasteiger partial charge in [0, 0.05) is 14.5 Å². The molecule has 0 saturated carbocycles. The predicted octanol–water partition coefficient (Wildman–Crippen LogP) is 5.59. The first-order chi connectivity index (χ1) is 8.20. The van der Waals surface area contributed by atoms with Crippen LogP contribution in [-0.4, -0.2) is 0 Å². The Hall–Kier alpha value is -0.0300. The number of rotatable bonds is 4. The Kier molecular flexibility index (Phi) is 4.91. The van der Waals surface area contributed by atoms with E-state index in [1.165, 1.54) is 4.88 Å². The summed E-state index contributed by atoms with van der Waals surface area (Å²) in [6.07, 6.45) is 0. The van der Waals surface area contributed by atoms with Gasteiger partial charge in [-0.05, 0) is 45.6 Å². The molecule has 0 unspecified atom stereocenters. The first-order valence-corrected chi connectivity index (χ1v) is 7.90. The molecule has 0 fully saturated rings. The maximum atomic E-state index is 5.89. The first kappa shape index (κ1) is 13.4. The molecule has 0 atom stereocenters. The van der Waals surface area contributed by atoms with E-state index in [0.717, 1.165) is 20.3 Å². The molecule has 5 heteroatoms. The summed E-state index contributed by atoms with van der Waals surface area (Å²) in [6.45, 7) is 0.559. The van der Waals surface area contributed by atoms with Crippen LogP contribution in [0.3, 0.4) is 0 Å². The lowest BCUT2D eigenvalue weighted by Crippen LogP contribution is -1.96. The molecule has 0 aliphatic rings. The normalized spacial score (nSPS) is 10.5. The van der Waals surface area contributed by atoms with E-state index >= 15 is 0 Å². The highest BCUT2D eigenvalue weighted by molar-refractivity contribution is 9.10. The lowest BCUT2D eigenvalue weighted by molar-refractivity contribution is 0.306. The van der Waals surface area contributed by atoms with Gasteiger partial charge in [-0.2, -0.15) is 0 Å². The molecule has 2 rings (SSSR count). The van der Waals surface area contributed by atoms with Gasteiger partial charge in [-0.1, -0.05) is 15.9 Å². The van der Waals surface area contributed by atoms with Crippen molar-refractivity contribution < 1.29 is 4.74 Å². The number of hydrogen-bond acceptors (Lipinski definition) is 2. The molecule has 0 N–H and O–H groups in total. The maximum Gasteiger partial charge on any atom is 0.124 e. The molecule has 2 aromatic rings. The fourth-order valence-electron chi connectivity index (χ4n) is 1.36. The van der Waals surface area contributed by atoms with E-state index in [1.807, 2.05) is 29.6 Å². The molecule has 0 amide bonds. The van der Waals surface area contributed by atoms with E-state index in [9.17, 15) is 0 Å². The second-order valence-electron chi connectivity index (χ2n) is 3.37. The largest absolute Gasteiger partial charge is 0.488 e. The number of halogens is 3. The van der Waals surface area contributed by atoms with Crippen LogP contribution in [0.25, 0.3) is 0 Å². The summed E-state index contributed by atoms with van der Waals surface area (Å²) in [4.78, 5) is 1.17. The Bertz CT molecular complexity index is 513. The van der Waals surface area contributed by atoms with Crippen molar-refractivity contribution in [2.75, 3.05) is 0 Å². The highest BCUT2D eigenvalue weighted by atomic mass is 79.9. The van der Waals surface area contributed by atoms with Crippen molar-refractivity contribution in [2.45, 2.75) is 12.5 Å². The van der Waals surface area contributed by atoms with E-state index in [-0.39, 0.29) is 0 Å². The van der Waals surface area contributed by atoms with E-state index in [4.69, 9.17) is 16.3 Å². The Morgan fingerprint density at radius 1 is 1.24 bits per heavy atom. The van der Waals surface area contributed by atoms with Gasteiger partial charge in [0.15, 0.2) is 0 Å². The third-order valence-electron chi connectivity index (χ3n) is 2.22. The zero-order valence-corrected chi connectivity index (χ0v) is 13.5. The minimum Gasteiger partial charge on any atom is -0.488 e.